The zero-order valence-corrected chi connectivity index (χ0v) is 15.1. The van der Waals surface area contributed by atoms with Gasteiger partial charge >= 0.3 is 5.97 Å². The van der Waals surface area contributed by atoms with Crippen molar-refractivity contribution in [1.82, 2.24) is 4.90 Å². The number of hydrogen-bond acceptors (Lipinski definition) is 4. The summed E-state index contributed by atoms with van der Waals surface area (Å²) in [6.45, 7) is 3.03. The molecule has 2 aromatic carbocycles. The lowest BCUT2D eigenvalue weighted by Gasteiger charge is -2.35. The zero-order chi connectivity index (χ0) is 18.1. The first kappa shape index (κ1) is 17.3. The van der Waals surface area contributed by atoms with Crippen molar-refractivity contribution in [3.63, 3.8) is 0 Å². The summed E-state index contributed by atoms with van der Waals surface area (Å²) in [6.07, 6.45) is 1.74. The summed E-state index contributed by atoms with van der Waals surface area (Å²) >= 11 is 0. The fraction of sp³-hybridized carbons (Fsp3) is 0.409. The molecule has 1 aliphatic heterocycles. The van der Waals surface area contributed by atoms with Crippen molar-refractivity contribution in [2.45, 2.75) is 31.7 Å². The van der Waals surface area contributed by atoms with Crippen LogP contribution >= 0.6 is 0 Å². The summed E-state index contributed by atoms with van der Waals surface area (Å²) < 4.78 is 5.76. The van der Waals surface area contributed by atoms with Gasteiger partial charge in [0.2, 0.25) is 0 Å². The molecule has 2 unspecified atom stereocenters. The molecule has 4 heteroatoms. The van der Waals surface area contributed by atoms with E-state index in [0.717, 1.165) is 12.8 Å². The van der Waals surface area contributed by atoms with E-state index in [1.165, 1.54) is 22.3 Å². The Kier molecular flexibility index (Phi) is 4.79. The largest absolute Gasteiger partial charge is 0.464 e. The molecule has 1 N–H and O–H groups in total. The van der Waals surface area contributed by atoms with Crippen molar-refractivity contribution in [3.8, 4) is 11.1 Å². The molecular formula is C22H25NO3. The van der Waals surface area contributed by atoms with Gasteiger partial charge in [-0.05, 0) is 42.0 Å². The summed E-state index contributed by atoms with van der Waals surface area (Å²) in [5.41, 5.74) is 4.94. The molecule has 0 amide bonds. The van der Waals surface area contributed by atoms with Crippen LogP contribution in [0.25, 0.3) is 11.1 Å². The molecule has 1 fully saturated rings. The number of ether oxygens (including phenoxy) is 1. The van der Waals surface area contributed by atoms with Crippen molar-refractivity contribution < 1.29 is 14.6 Å². The maximum Gasteiger partial charge on any atom is 0.310 e. The van der Waals surface area contributed by atoms with Crippen LogP contribution in [0.3, 0.4) is 0 Å². The molecule has 4 nitrogen and oxygen atoms in total. The molecule has 136 valence electrons. The number of carbonyl (C=O) groups excluding carboxylic acids is 1. The molecule has 1 heterocycles. The Labute approximate surface area is 154 Å². The molecule has 4 rings (SSSR count). The van der Waals surface area contributed by atoms with Crippen LogP contribution in [-0.4, -0.2) is 41.9 Å². The summed E-state index contributed by atoms with van der Waals surface area (Å²) in [5.74, 6) is -0.190. The molecule has 2 aliphatic rings. The third-order valence-corrected chi connectivity index (χ3v) is 5.88. The lowest BCUT2D eigenvalue weighted by molar-refractivity contribution is -0.152. The molecule has 26 heavy (non-hydrogen) atoms. The van der Waals surface area contributed by atoms with Gasteiger partial charge in [-0.15, -0.1) is 0 Å². The number of aliphatic hydroxyl groups is 1. The van der Waals surface area contributed by atoms with Crippen LogP contribution in [0.15, 0.2) is 48.5 Å². The van der Waals surface area contributed by atoms with E-state index in [2.05, 4.69) is 43.3 Å². The number of benzene rings is 2. The first-order valence-corrected chi connectivity index (χ1v) is 9.38. The molecule has 2 aromatic rings. The van der Waals surface area contributed by atoms with Crippen LogP contribution in [0.1, 0.15) is 36.8 Å². The van der Waals surface area contributed by atoms with Crippen LogP contribution in [0, 0.1) is 5.92 Å². The molecular weight excluding hydrogens is 326 g/mol. The van der Waals surface area contributed by atoms with Crippen molar-refractivity contribution in [1.29, 1.82) is 0 Å². The van der Waals surface area contributed by atoms with Gasteiger partial charge in [0.1, 0.15) is 6.61 Å². The average molecular weight is 351 g/mol. The Hall–Kier alpha value is -2.17. The van der Waals surface area contributed by atoms with Gasteiger partial charge in [-0.1, -0.05) is 48.5 Å². The SMILES string of the molecule is CC1CCC(C(=O)OCC2c3ccccc3-c3ccccc32)CN1CO. The number of carbonyl (C=O) groups is 1. The van der Waals surface area contributed by atoms with E-state index in [0.29, 0.717) is 19.2 Å². The second-order valence-electron chi connectivity index (χ2n) is 7.39. The van der Waals surface area contributed by atoms with Crippen molar-refractivity contribution >= 4 is 5.97 Å². The molecule has 0 radical (unpaired) electrons. The van der Waals surface area contributed by atoms with Crippen LogP contribution < -0.4 is 0 Å². The minimum absolute atomic E-state index is 0.00563. The predicted molar refractivity (Wildman–Crippen MR) is 101 cm³/mol. The number of fused-ring (bicyclic) bond motifs is 3. The molecule has 0 bridgehead atoms. The van der Waals surface area contributed by atoms with Gasteiger partial charge < -0.3 is 9.84 Å². The standard InChI is InChI=1S/C22H25NO3/c1-15-10-11-16(12-23(15)14-24)22(25)26-13-21-19-8-4-2-6-17(19)18-7-3-5-9-20(18)21/h2-9,15-16,21,24H,10-14H2,1H3. The summed E-state index contributed by atoms with van der Waals surface area (Å²) in [7, 11) is 0. The van der Waals surface area contributed by atoms with Gasteiger partial charge in [0.15, 0.2) is 0 Å². The van der Waals surface area contributed by atoms with Gasteiger partial charge in [-0.25, -0.2) is 0 Å². The first-order valence-electron chi connectivity index (χ1n) is 9.38. The van der Waals surface area contributed by atoms with E-state index in [1.54, 1.807) is 0 Å². The van der Waals surface area contributed by atoms with Gasteiger partial charge in [-0.3, -0.25) is 9.69 Å². The molecule has 0 saturated carbocycles. The molecule has 0 aromatic heterocycles. The number of esters is 1. The summed E-state index contributed by atoms with van der Waals surface area (Å²) in [6, 6.07) is 17.0. The molecule has 1 saturated heterocycles. The molecule has 1 aliphatic carbocycles. The van der Waals surface area contributed by atoms with Crippen LogP contribution in [0.2, 0.25) is 0 Å². The zero-order valence-electron chi connectivity index (χ0n) is 15.1. The maximum absolute atomic E-state index is 12.6. The summed E-state index contributed by atoms with van der Waals surface area (Å²) in [4.78, 5) is 14.6. The van der Waals surface area contributed by atoms with E-state index < -0.39 is 0 Å². The van der Waals surface area contributed by atoms with E-state index in [4.69, 9.17) is 4.74 Å². The Morgan fingerprint density at radius 3 is 2.31 bits per heavy atom. The van der Waals surface area contributed by atoms with Crippen molar-refractivity contribution in [3.05, 3.63) is 59.7 Å². The highest BCUT2D eigenvalue weighted by atomic mass is 16.5. The molecule has 2 atom stereocenters. The Bertz CT molecular complexity index is 758. The summed E-state index contributed by atoms with van der Waals surface area (Å²) in [5, 5.41) is 9.46. The lowest BCUT2D eigenvalue weighted by Crippen LogP contribution is -2.45. The van der Waals surface area contributed by atoms with Gasteiger partial charge in [-0.2, -0.15) is 0 Å². The van der Waals surface area contributed by atoms with E-state index in [1.807, 2.05) is 17.0 Å². The highest BCUT2D eigenvalue weighted by Crippen LogP contribution is 2.44. The minimum Gasteiger partial charge on any atom is -0.464 e. The van der Waals surface area contributed by atoms with Gasteiger partial charge in [0.25, 0.3) is 0 Å². The number of aliphatic hydroxyl groups excluding tert-OH is 1. The maximum atomic E-state index is 12.6. The Morgan fingerprint density at radius 2 is 1.69 bits per heavy atom. The van der Waals surface area contributed by atoms with E-state index >= 15 is 0 Å². The van der Waals surface area contributed by atoms with Gasteiger partial charge in [0.05, 0.1) is 12.6 Å². The normalized spacial score (nSPS) is 22.7. The van der Waals surface area contributed by atoms with Crippen LogP contribution in [0.5, 0.6) is 0 Å². The third kappa shape index (κ3) is 3.04. The smallest absolute Gasteiger partial charge is 0.310 e. The average Bonchev–Trinajstić information content (AvgIpc) is 3.00. The monoisotopic (exact) mass is 351 g/mol. The second kappa shape index (κ2) is 7.22. The number of piperidine rings is 1. The molecule has 0 spiro atoms. The topological polar surface area (TPSA) is 49.8 Å². The number of nitrogens with zero attached hydrogens (tertiary/aromatic N) is 1. The highest BCUT2D eigenvalue weighted by Gasteiger charge is 2.33. The highest BCUT2D eigenvalue weighted by molar-refractivity contribution is 5.79. The van der Waals surface area contributed by atoms with Crippen molar-refractivity contribution in [2.24, 2.45) is 5.92 Å². The van der Waals surface area contributed by atoms with Crippen molar-refractivity contribution in [2.75, 3.05) is 19.9 Å². The van der Waals surface area contributed by atoms with Gasteiger partial charge in [0, 0.05) is 18.5 Å². The number of rotatable bonds is 4. The number of hydrogen-bond donors (Lipinski definition) is 1. The first-order chi connectivity index (χ1) is 12.7. The van der Waals surface area contributed by atoms with E-state index in [9.17, 15) is 9.90 Å². The Morgan fingerprint density at radius 1 is 1.08 bits per heavy atom. The lowest BCUT2D eigenvalue weighted by atomic mass is 9.93. The third-order valence-electron chi connectivity index (χ3n) is 5.88. The quantitative estimate of drug-likeness (QED) is 0.858. The van der Waals surface area contributed by atoms with E-state index in [-0.39, 0.29) is 24.5 Å². The predicted octanol–water partition coefficient (Wildman–Crippen LogP) is 3.39. The van der Waals surface area contributed by atoms with Crippen LogP contribution in [0.4, 0.5) is 0 Å². The number of likely N-dealkylation sites (tertiary alicyclic amines) is 1. The minimum atomic E-state index is -0.148. The fourth-order valence-corrected chi connectivity index (χ4v) is 4.29. The fourth-order valence-electron chi connectivity index (χ4n) is 4.29. The second-order valence-corrected chi connectivity index (χ2v) is 7.39. The Balaban J connectivity index is 1.47. The van der Waals surface area contributed by atoms with Crippen LogP contribution in [-0.2, 0) is 9.53 Å².